The van der Waals surface area contributed by atoms with Crippen molar-refractivity contribution < 1.29 is 4.79 Å². The molecule has 0 fully saturated rings. The molecule has 2 aromatic heterocycles. The van der Waals surface area contributed by atoms with Crippen molar-refractivity contribution in [2.45, 2.75) is 6.54 Å². The van der Waals surface area contributed by atoms with Crippen LogP contribution in [0.15, 0.2) is 77.6 Å². The van der Waals surface area contributed by atoms with Crippen LogP contribution in [-0.4, -0.2) is 20.4 Å². The van der Waals surface area contributed by atoms with Crippen LogP contribution in [0.25, 0.3) is 10.8 Å². The molecule has 4 aromatic rings. The number of fused-ring (bicyclic) bond motifs is 1. The lowest BCUT2D eigenvalue weighted by atomic mass is 10.0. The van der Waals surface area contributed by atoms with E-state index in [0.717, 1.165) is 0 Å². The minimum absolute atomic E-state index is 0.243. The van der Waals surface area contributed by atoms with Crippen LogP contribution in [0.1, 0.15) is 16.1 Å². The molecule has 2 aromatic carbocycles. The molecule has 0 N–H and O–H groups in total. The largest absolute Gasteiger partial charge is 0.319 e. The minimum atomic E-state index is -0.387. The summed E-state index contributed by atoms with van der Waals surface area (Å²) in [4.78, 5) is 25.0. The van der Waals surface area contributed by atoms with Gasteiger partial charge in [-0.15, -0.1) is 11.3 Å². The van der Waals surface area contributed by atoms with Gasteiger partial charge in [-0.3, -0.25) is 9.78 Å². The molecule has 122 valence electrons. The minimum Gasteiger partial charge on any atom is -0.319 e. The maximum Gasteiger partial charge on any atom is 0.299 e. The van der Waals surface area contributed by atoms with Gasteiger partial charge < -0.3 is 4.57 Å². The molecular weight excluding hydrogens is 332 g/mol. The molecule has 0 unspecified atom stereocenters. The molecule has 0 saturated carbocycles. The maximum atomic E-state index is 12.3. The van der Waals surface area contributed by atoms with Gasteiger partial charge in [-0.1, -0.05) is 42.5 Å². The summed E-state index contributed by atoms with van der Waals surface area (Å²) in [6.45, 7) is 0.650. The van der Waals surface area contributed by atoms with Gasteiger partial charge in [0.1, 0.15) is 5.69 Å². The van der Waals surface area contributed by atoms with E-state index < -0.39 is 0 Å². The van der Waals surface area contributed by atoms with Crippen LogP contribution in [0.2, 0.25) is 0 Å². The Hall–Kier alpha value is -3.12. The predicted octanol–water partition coefficient (Wildman–Crippen LogP) is 3.28. The Morgan fingerprint density at radius 2 is 2.00 bits per heavy atom. The molecule has 0 spiro atoms. The number of thiazole rings is 1. The van der Waals surface area contributed by atoms with Gasteiger partial charge in [0.25, 0.3) is 5.91 Å². The molecule has 0 aliphatic rings. The highest BCUT2D eigenvalue weighted by molar-refractivity contribution is 7.07. The highest BCUT2D eigenvalue weighted by Crippen LogP contribution is 2.19. The Labute approximate surface area is 148 Å². The molecule has 0 atom stereocenters. The molecule has 0 aliphatic carbocycles. The third-order valence-electron chi connectivity index (χ3n) is 3.86. The number of amides is 1. The van der Waals surface area contributed by atoms with E-state index in [-0.39, 0.29) is 11.6 Å². The lowest BCUT2D eigenvalue weighted by Crippen LogP contribution is -2.17. The number of nitrogens with zero attached hydrogens (tertiary/aromatic N) is 4. The fraction of sp³-hybridized carbons (Fsp3) is 0.0526. The third kappa shape index (κ3) is 3.25. The molecule has 0 saturated heterocycles. The smallest absolute Gasteiger partial charge is 0.299 e. The Morgan fingerprint density at radius 1 is 1.12 bits per heavy atom. The van der Waals surface area contributed by atoms with Crippen molar-refractivity contribution in [3.05, 3.63) is 88.7 Å². The molecular formula is C19H14N4OS. The maximum absolute atomic E-state index is 12.3. The Balaban J connectivity index is 1.70. The number of hydrogen-bond donors (Lipinski definition) is 0. The molecule has 0 bridgehead atoms. The Morgan fingerprint density at radius 3 is 2.88 bits per heavy atom. The first-order chi connectivity index (χ1) is 12.3. The van der Waals surface area contributed by atoms with Gasteiger partial charge in [0.05, 0.1) is 12.7 Å². The van der Waals surface area contributed by atoms with E-state index >= 15 is 0 Å². The van der Waals surface area contributed by atoms with Gasteiger partial charge in [-0.05, 0) is 16.3 Å². The zero-order valence-corrected chi connectivity index (χ0v) is 14.1. The van der Waals surface area contributed by atoms with Gasteiger partial charge in [0.2, 0.25) is 0 Å². The highest BCUT2D eigenvalue weighted by atomic mass is 32.1. The second kappa shape index (κ2) is 6.78. The fourth-order valence-corrected chi connectivity index (χ4v) is 3.40. The quantitative estimate of drug-likeness (QED) is 0.572. The monoisotopic (exact) mass is 346 g/mol. The molecule has 6 heteroatoms. The lowest BCUT2D eigenvalue weighted by Gasteiger charge is -2.07. The molecule has 0 aliphatic heterocycles. The summed E-state index contributed by atoms with van der Waals surface area (Å²) in [5.41, 5.74) is 1.43. The van der Waals surface area contributed by atoms with Crippen molar-refractivity contribution in [1.82, 2.24) is 14.5 Å². The van der Waals surface area contributed by atoms with Crippen LogP contribution in [0.3, 0.4) is 0 Å². The van der Waals surface area contributed by atoms with Crippen molar-refractivity contribution in [2.24, 2.45) is 4.99 Å². The first kappa shape index (κ1) is 15.4. The van der Waals surface area contributed by atoms with E-state index in [9.17, 15) is 4.79 Å². The van der Waals surface area contributed by atoms with Crippen LogP contribution >= 0.6 is 11.3 Å². The van der Waals surface area contributed by atoms with Crippen molar-refractivity contribution in [3.63, 3.8) is 0 Å². The van der Waals surface area contributed by atoms with Crippen molar-refractivity contribution in [2.75, 3.05) is 0 Å². The summed E-state index contributed by atoms with van der Waals surface area (Å²) in [6.07, 6.45) is 6.38. The summed E-state index contributed by atoms with van der Waals surface area (Å²) in [5.74, 6) is -0.387. The van der Waals surface area contributed by atoms with E-state index in [1.54, 1.807) is 0 Å². The summed E-state index contributed by atoms with van der Waals surface area (Å²) in [7, 11) is 0. The zero-order valence-electron chi connectivity index (χ0n) is 13.2. The van der Waals surface area contributed by atoms with Crippen LogP contribution in [0, 0.1) is 0 Å². The van der Waals surface area contributed by atoms with E-state index in [2.05, 4.69) is 39.2 Å². The highest BCUT2D eigenvalue weighted by Gasteiger charge is 2.07. The fourth-order valence-electron chi connectivity index (χ4n) is 2.67. The summed E-state index contributed by atoms with van der Waals surface area (Å²) < 4.78 is 1.97. The van der Waals surface area contributed by atoms with Crippen LogP contribution in [0.4, 0.5) is 0 Å². The molecule has 5 nitrogen and oxygen atoms in total. The second-order valence-corrected chi connectivity index (χ2v) is 6.33. The number of carbonyl (C=O) groups excluding carboxylic acids is 1. The topological polar surface area (TPSA) is 60.1 Å². The van der Waals surface area contributed by atoms with Crippen LogP contribution in [0.5, 0.6) is 0 Å². The van der Waals surface area contributed by atoms with Crippen LogP contribution in [-0.2, 0) is 6.54 Å². The number of carbonyl (C=O) groups is 1. The van der Waals surface area contributed by atoms with Gasteiger partial charge in [-0.2, -0.15) is 4.99 Å². The second-order valence-electron chi connectivity index (χ2n) is 5.46. The number of benzene rings is 2. The molecule has 2 heterocycles. The van der Waals surface area contributed by atoms with E-state index in [0.29, 0.717) is 11.3 Å². The van der Waals surface area contributed by atoms with Gasteiger partial charge in [-0.25, -0.2) is 4.98 Å². The van der Waals surface area contributed by atoms with Crippen molar-refractivity contribution in [3.8, 4) is 0 Å². The third-order valence-corrected chi connectivity index (χ3v) is 4.65. The number of aromatic nitrogens is 3. The van der Waals surface area contributed by atoms with Crippen LogP contribution < -0.4 is 4.80 Å². The predicted molar refractivity (Wildman–Crippen MR) is 97.3 cm³/mol. The summed E-state index contributed by atoms with van der Waals surface area (Å²) >= 11 is 1.42. The van der Waals surface area contributed by atoms with Crippen molar-refractivity contribution in [1.29, 1.82) is 0 Å². The summed E-state index contributed by atoms with van der Waals surface area (Å²) in [5, 5.41) is 4.33. The zero-order chi connectivity index (χ0) is 17.1. The number of rotatable bonds is 3. The average molecular weight is 346 g/mol. The molecule has 0 radical (unpaired) electrons. The SMILES string of the molecule is O=C(N=c1sccn1Cc1cccc2ccccc12)c1cnccn1. The standard InChI is InChI=1S/C19H14N4OS/c24-18(17-12-20-8-9-21-17)22-19-23(10-11-25-19)13-15-6-3-5-14-4-1-2-7-16(14)15/h1-12H,13H2. The van der Waals surface area contributed by atoms with Gasteiger partial charge >= 0.3 is 0 Å². The molecule has 1 amide bonds. The van der Waals surface area contributed by atoms with E-state index in [1.807, 2.05) is 34.3 Å². The number of hydrogen-bond acceptors (Lipinski definition) is 4. The van der Waals surface area contributed by atoms with Gasteiger partial charge in [0.15, 0.2) is 4.80 Å². The normalized spacial score (nSPS) is 11.8. The average Bonchev–Trinajstić information content (AvgIpc) is 3.09. The Bertz CT molecular complexity index is 1090. The Kier molecular flexibility index (Phi) is 4.18. The first-order valence-corrected chi connectivity index (χ1v) is 8.65. The molecule has 25 heavy (non-hydrogen) atoms. The van der Waals surface area contributed by atoms with Crippen molar-refractivity contribution >= 4 is 28.0 Å². The first-order valence-electron chi connectivity index (χ1n) is 7.77. The summed E-state index contributed by atoms with van der Waals surface area (Å²) in [6, 6.07) is 14.5. The van der Waals surface area contributed by atoms with Gasteiger partial charge in [0, 0.05) is 24.0 Å². The van der Waals surface area contributed by atoms with E-state index in [4.69, 9.17) is 0 Å². The lowest BCUT2D eigenvalue weighted by molar-refractivity contribution is 0.0992. The van der Waals surface area contributed by atoms with E-state index in [1.165, 1.54) is 46.3 Å². The molecule has 4 rings (SSSR count).